The summed E-state index contributed by atoms with van der Waals surface area (Å²) < 4.78 is 0. The third-order valence-electron chi connectivity index (χ3n) is 2.50. The first-order valence-corrected chi connectivity index (χ1v) is 5.80. The molecule has 6 nitrogen and oxygen atoms in total. The summed E-state index contributed by atoms with van der Waals surface area (Å²) in [7, 11) is 0. The van der Waals surface area contributed by atoms with Crippen LogP contribution < -0.4 is 5.43 Å². The summed E-state index contributed by atoms with van der Waals surface area (Å²) in [5, 5.41) is 14.4. The lowest BCUT2D eigenvalue weighted by atomic mass is 10.2. The number of benzene rings is 2. The maximum atomic E-state index is 11.8. The van der Waals surface area contributed by atoms with Crippen LogP contribution in [0.4, 0.5) is 5.69 Å². The molecule has 6 heteroatoms. The fraction of sp³-hybridized carbons (Fsp3) is 0. The molecule has 100 valence electrons. The monoisotopic (exact) mass is 269 g/mol. The van der Waals surface area contributed by atoms with E-state index >= 15 is 0 Å². The Kier molecular flexibility index (Phi) is 4.18. The molecule has 0 aromatic heterocycles. The van der Waals surface area contributed by atoms with Gasteiger partial charge in [0.1, 0.15) is 0 Å². The molecule has 0 saturated heterocycles. The highest BCUT2D eigenvalue weighted by Crippen LogP contribution is 2.12. The summed E-state index contributed by atoms with van der Waals surface area (Å²) in [6.45, 7) is 0. The highest BCUT2D eigenvalue weighted by molar-refractivity contribution is 5.95. The highest BCUT2D eigenvalue weighted by atomic mass is 16.6. The summed E-state index contributed by atoms with van der Waals surface area (Å²) in [4.78, 5) is 21.8. The van der Waals surface area contributed by atoms with Crippen LogP contribution in [0.2, 0.25) is 0 Å². The Morgan fingerprint density at radius 3 is 2.60 bits per heavy atom. The molecular weight excluding hydrogens is 258 g/mol. The van der Waals surface area contributed by atoms with Gasteiger partial charge in [-0.3, -0.25) is 14.9 Å². The average molecular weight is 269 g/mol. The topological polar surface area (TPSA) is 84.6 Å². The number of nitrogens with one attached hydrogen (secondary N) is 1. The molecule has 2 rings (SSSR count). The van der Waals surface area contributed by atoms with Crippen LogP contribution in [0.5, 0.6) is 0 Å². The fourth-order valence-electron chi connectivity index (χ4n) is 1.53. The van der Waals surface area contributed by atoms with Crippen molar-refractivity contribution in [1.82, 2.24) is 5.43 Å². The van der Waals surface area contributed by atoms with Crippen LogP contribution in [-0.4, -0.2) is 17.0 Å². The van der Waals surface area contributed by atoms with Crippen LogP contribution in [0.1, 0.15) is 15.9 Å². The van der Waals surface area contributed by atoms with E-state index < -0.39 is 10.8 Å². The molecule has 2 aromatic carbocycles. The summed E-state index contributed by atoms with van der Waals surface area (Å²) in [5.74, 6) is -0.499. The molecule has 0 aliphatic rings. The number of hydrogen-bond donors (Lipinski definition) is 1. The maximum absolute atomic E-state index is 11.8. The van der Waals surface area contributed by atoms with Gasteiger partial charge in [-0.25, -0.2) is 5.43 Å². The molecule has 2 aromatic rings. The number of non-ortho nitro benzene ring substituents is 1. The molecular formula is C14H11N3O3. The first-order chi connectivity index (χ1) is 9.66. The zero-order valence-electron chi connectivity index (χ0n) is 10.4. The SMILES string of the molecule is O=C(NN=Cc1ccccc1)c1cccc([N+](=O)[O-])c1. The molecule has 0 bridgehead atoms. The fourth-order valence-corrected chi connectivity index (χ4v) is 1.53. The van der Waals surface area contributed by atoms with Gasteiger partial charge in [-0.2, -0.15) is 5.10 Å². The number of nitrogens with zero attached hydrogens (tertiary/aromatic N) is 2. The smallest absolute Gasteiger partial charge is 0.267 e. The quantitative estimate of drug-likeness (QED) is 0.525. The van der Waals surface area contributed by atoms with Crippen LogP contribution >= 0.6 is 0 Å². The number of rotatable bonds is 4. The highest BCUT2D eigenvalue weighted by Gasteiger charge is 2.10. The van der Waals surface area contributed by atoms with Gasteiger partial charge in [-0.15, -0.1) is 0 Å². The van der Waals surface area contributed by atoms with Crippen molar-refractivity contribution in [2.45, 2.75) is 0 Å². The number of carbonyl (C=O) groups is 1. The summed E-state index contributed by atoms with van der Waals surface area (Å²) in [6, 6.07) is 14.7. The summed E-state index contributed by atoms with van der Waals surface area (Å²) >= 11 is 0. The Morgan fingerprint density at radius 2 is 1.90 bits per heavy atom. The number of hydrogen-bond acceptors (Lipinski definition) is 4. The van der Waals surface area contributed by atoms with E-state index in [2.05, 4.69) is 10.5 Å². The molecule has 1 N–H and O–H groups in total. The molecule has 0 aliphatic carbocycles. The standard InChI is InChI=1S/C14H11N3O3/c18-14(12-7-4-8-13(9-12)17(19)20)16-15-10-11-5-2-1-3-6-11/h1-10H,(H,16,18). The van der Waals surface area contributed by atoms with Crippen molar-refractivity contribution in [3.63, 3.8) is 0 Å². The van der Waals surface area contributed by atoms with Gasteiger partial charge in [0.15, 0.2) is 0 Å². The minimum absolute atomic E-state index is 0.135. The lowest BCUT2D eigenvalue weighted by Gasteiger charge is -1.99. The van der Waals surface area contributed by atoms with Crippen molar-refractivity contribution >= 4 is 17.8 Å². The zero-order chi connectivity index (χ0) is 14.4. The largest absolute Gasteiger partial charge is 0.271 e. The van der Waals surface area contributed by atoms with E-state index in [1.54, 1.807) is 0 Å². The van der Waals surface area contributed by atoms with E-state index in [4.69, 9.17) is 0 Å². The van der Waals surface area contributed by atoms with E-state index in [1.807, 2.05) is 30.3 Å². The Bertz CT molecular complexity index is 654. The summed E-state index contributed by atoms with van der Waals surface area (Å²) in [6.07, 6.45) is 1.50. The van der Waals surface area contributed by atoms with Crippen LogP contribution in [-0.2, 0) is 0 Å². The first-order valence-electron chi connectivity index (χ1n) is 5.80. The predicted molar refractivity (Wildman–Crippen MR) is 74.6 cm³/mol. The average Bonchev–Trinajstić information content (AvgIpc) is 2.48. The van der Waals surface area contributed by atoms with Crippen LogP contribution in [0.15, 0.2) is 59.7 Å². The number of carbonyl (C=O) groups excluding carboxylic acids is 1. The predicted octanol–water partition coefficient (Wildman–Crippen LogP) is 2.36. The van der Waals surface area contributed by atoms with Crippen LogP contribution in [0.25, 0.3) is 0 Å². The van der Waals surface area contributed by atoms with Crippen LogP contribution in [0.3, 0.4) is 0 Å². The second kappa shape index (κ2) is 6.24. The molecule has 0 saturated carbocycles. The van der Waals surface area contributed by atoms with Crippen molar-refractivity contribution < 1.29 is 9.72 Å². The van der Waals surface area contributed by atoms with Crippen molar-refractivity contribution in [3.05, 3.63) is 75.8 Å². The van der Waals surface area contributed by atoms with Crippen molar-refractivity contribution in [3.8, 4) is 0 Å². The van der Waals surface area contributed by atoms with Gasteiger partial charge in [0.05, 0.1) is 11.1 Å². The maximum Gasteiger partial charge on any atom is 0.271 e. The van der Waals surface area contributed by atoms with E-state index in [0.717, 1.165) is 5.56 Å². The molecule has 0 aliphatic heterocycles. The normalized spacial score (nSPS) is 10.4. The zero-order valence-corrected chi connectivity index (χ0v) is 10.4. The van der Waals surface area contributed by atoms with Gasteiger partial charge in [-0.1, -0.05) is 36.4 Å². The Hall–Kier alpha value is -3.02. The van der Waals surface area contributed by atoms with Crippen molar-refractivity contribution in [2.75, 3.05) is 0 Å². The van der Waals surface area contributed by atoms with Gasteiger partial charge in [0, 0.05) is 17.7 Å². The molecule has 0 heterocycles. The molecule has 0 radical (unpaired) electrons. The first kappa shape index (κ1) is 13.4. The second-order valence-electron chi connectivity index (χ2n) is 3.92. The molecule has 0 atom stereocenters. The van der Waals surface area contributed by atoms with Crippen molar-refractivity contribution in [1.29, 1.82) is 0 Å². The molecule has 20 heavy (non-hydrogen) atoms. The van der Waals surface area contributed by atoms with Gasteiger partial charge in [0.25, 0.3) is 11.6 Å². The van der Waals surface area contributed by atoms with Gasteiger partial charge in [0.2, 0.25) is 0 Å². The molecule has 0 unspecified atom stereocenters. The second-order valence-corrected chi connectivity index (χ2v) is 3.92. The number of hydrazone groups is 1. The molecule has 0 fully saturated rings. The minimum atomic E-state index is -0.552. The number of nitro groups is 1. The van der Waals surface area contributed by atoms with Gasteiger partial charge >= 0.3 is 0 Å². The van der Waals surface area contributed by atoms with Crippen molar-refractivity contribution in [2.24, 2.45) is 5.10 Å². The lowest BCUT2D eigenvalue weighted by Crippen LogP contribution is -2.17. The number of nitro benzene ring substituents is 1. The summed E-state index contributed by atoms with van der Waals surface area (Å²) in [5.41, 5.74) is 3.21. The molecule has 1 amide bonds. The van der Waals surface area contributed by atoms with E-state index in [9.17, 15) is 14.9 Å². The Morgan fingerprint density at radius 1 is 1.15 bits per heavy atom. The van der Waals surface area contributed by atoms with E-state index in [-0.39, 0.29) is 11.3 Å². The lowest BCUT2D eigenvalue weighted by molar-refractivity contribution is -0.384. The Labute approximate surface area is 114 Å². The number of amides is 1. The third-order valence-corrected chi connectivity index (χ3v) is 2.50. The minimum Gasteiger partial charge on any atom is -0.267 e. The Balaban J connectivity index is 2.04. The molecule has 0 spiro atoms. The van der Waals surface area contributed by atoms with Crippen LogP contribution in [0, 0.1) is 10.1 Å². The third kappa shape index (κ3) is 3.49. The van der Waals surface area contributed by atoms with Gasteiger partial charge in [-0.05, 0) is 11.6 Å². The van der Waals surface area contributed by atoms with E-state index in [1.165, 1.54) is 30.5 Å². The van der Waals surface area contributed by atoms with E-state index in [0.29, 0.717) is 0 Å². The van der Waals surface area contributed by atoms with Gasteiger partial charge < -0.3 is 0 Å².